The predicted octanol–water partition coefficient (Wildman–Crippen LogP) is 0.425. The van der Waals surface area contributed by atoms with Crippen molar-refractivity contribution in [2.45, 2.75) is 6.04 Å². The molecule has 1 aromatic carbocycles. The Labute approximate surface area is 99.7 Å². The number of ether oxygens (including phenoxy) is 1. The molecule has 17 heavy (non-hydrogen) atoms. The molecule has 0 unspecified atom stereocenters. The number of rotatable bonds is 2. The smallest absolute Gasteiger partial charge is 0.262 e. The zero-order valence-electron chi connectivity index (χ0n) is 9.69. The molecule has 0 aromatic heterocycles. The van der Waals surface area contributed by atoms with Crippen molar-refractivity contribution in [2.24, 2.45) is 0 Å². The van der Waals surface area contributed by atoms with Crippen LogP contribution in [0.4, 0.5) is 11.4 Å². The van der Waals surface area contributed by atoms with Crippen molar-refractivity contribution in [1.29, 1.82) is 0 Å². The van der Waals surface area contributed by atoms with Gasteiger partial charge in [0.25, 0.3) is 5.91 Å². The minimum absolute atomic E-state index is 0.0948. The molecule has 2 aliphatic rings. The van der Waals surface area contributed by atoms with E-state index < -0.39 is 0 Å². The van der Waals surface area contributed by atoms with Gasteiger partial charge < -0.3 is 20.3 Å². The third-order valence-corrected chi connectivity index (χ3v) is 3.31. The lowest BCUT2D eigenvalue weighted by atomic mass is 10.1. The van der Waals surface area contributed by atoms with Gasteiger partial charge in [0.05, 0.1) is 11.7 Å². The highest BCUT2D eigenvalue weighted by atomic mass is 16.5. The SMILES string of the molecule is CN(c1ccc2c(c1)NC(=O)CO2)C1CNC1. The summed E-state index contributed by atoms with van der Waals surface area (Å²) in [5.41, 5.74) is 1.86. The fraction of sp³-hybridized carbons (Fsp3) is 0.417. The second-order valence-electron chi connectivity index (χ2n) is 4.44. The monoisotopic (exact) mass is 233 g/mol. The largest absolute Gasteiger partial charge is 0.482 e. The van der Waals surface area contributed by atoms with E-state index in [9.17, 15) is 4.79 Å². The molecule has 0 spiro atoms. The Morgan fingerprint density at radius 1 is 1.41 bits per heavy atom. The molecule has 2 aliphatic heterocycles. The van der Waals surface area contributed by atoms with Crippen molar-refractivity contribution < 1.29 is 9.53 Å². The van der Waals surface area contributed by atoms with Crippen molar-refractivity contribution in [3.8, 4) is 5.75 Å². The van der Waals surface area contributed by atoms with Gasteiger partial charge in [-0.05, 0) is 18.2 Å². The van der Waals surface area contributed by atoms with Gasteiger partial charge in [-0.2, -0.15) is 0 Å². The number of nitrogens with zero attached hydrogens (tertiary/aromatic N) is 1. The van der Waals surface area contributed by atoms with Crippen LogP contribution >= 0.6 is 0 Å². The minimum atomic E-state index is -0.0948. The Hall–Kier alpha value is -1.75. The Kier molecular flexibility index (Phi) is 2.40. The van der Waals surface area contributed by atoms with E-state index in [0.717, 1.165) is 30.2 Å². The molecule has 5 heteroatoms. The number of carbonyl (C=O) groups is 1. The van der Waals surface area contributed by atoms with Crippen LogP contribution in [-0.2, 0) is 4.79 Å². The first-order valence-corrected chi connectivity index (χ1v) is 5.74. The molecule has 1 fully saturated rings. The van der Waals surface area contributed by atoms with Gasteiger partial charge in [-0.1, -0.05) is 0 Å². The molecule has 1 aromatic rings. The number of amides is 1. The average Bonchev–Trinajstić information content (AvgIpc) is 2.25. The molecular formula is C12H15N3O2. The number of likely N-dealkylation sites (N-methyl/N-ethyl adjacent to an activating group) is 1. The van der Waals surface area contributed by atoms with Crippen molar-refractivity contribution >= 4 is 17.3 Å². The molecule has 2 heterocycles. The molecule has 5 nitrogen and oxygen atoms in total. The van der Waals surface area contributed by atoms with E-state index in [1.165, 1.54) is 0 Å². The summed E-state index contributed by atoms with van der Waals surface area (Å²) in [4.78, 5) is 13.5. The summed E-state index contributed by atoms with van der Waals surface area (Å²) in [5, 5.41) is 6.07. The lowest BCUT2D eigenvalue weighted by molar-refractivity contribution is -0.118. The number of carbonyl (C=O) groups excluding carboxylic acids is 1. The fourth-order valence-electron chi connectivity index (χ4n) is 2.05. The Bertz CT molecular complexity index is 457. The van der Waals surface area contributed by atoms with Gasteiger partial charge >= 0.3 is 0 Å². The lowest BCUT2D eigenvalue weighted by Crippen LogP contribution is -2.56. The van der Waals surface area contributed by atoms with Crippen LogP contribution in [-0.4, -0.2) is 38.7 Å². The number of hydrogen-bond donors (Lipinski definition) is 2. The topological polar surface area (TPSA) is 53.6 Å². The first-order valence-electron chi connectivity index (χ1n) is 5.74. The quantitative estimate of drug-likeness (QED) is 0.777. The predicted molar refractivity (Wildman–Crippen MR) is 65.6 cm³/mol. The molecule has 90 valence electrons. The van der Waals surface area contributed by atoms with E-state index in [-0.39, 0.29) is 12.5 Å². The van der Waals surface area contributed by atoms with Crippen LogP contribution in [0, 0.1) is 0 Å². The van der Waals surface area contributed by atoms with Gasteiger partial charge in [0.15, 0.2) is 6.61 Å². The van der Waals surface area contributed by atoms with Crippen LogP contribution in [0.3, 0.4) is 0 Å². The Balaban J connectivity index is 1.86. The molecule has 3 rings (SSSR count). The highest BCUT2D eigenvalue weighted by Crippen LogP contribution is 2.32. The molecule has 0 saturated carbocycles. The molecule has 1 amide bonds. The summed E-state index contributed by atoms with van der Waals surface area (Å²) in [5.74, 6) is 0.649. The maximum absolute atomic E-state index is 11.2. The third-order valence-electron chi connectivity index (χ3n) is 3.31. The summed E-state index contributed by atoms with van der Waals surface area (Å²) in [6, 6.07) is 6.43. The van der Waals surface area contributed by atoms with Gasteiger partial charge in [-0.3, -0.25) is 4.79 Å². The Morgan fingerprint density at radius 2 is 2.24 bits per heavy atom. The summed E-state index contributed by atoms with van der Waals surface area (Å²) >= 11 is 0. The Morgan fingerprint density at radius 3 is 2.94 bits per heavy atom. The summed E-state index contributed by atoms with van der Waals surface area (Å²) in [6.07, 6.45) is 0. The fourth-order valence-corrected chi connectivity index (χ4v) is 2.05. The van der Waals surface area contributed by atoms with Gasteiger partial charge in [0.2, 0.25) is 0 Å². The van der Waals surface area contributed by atoms with Gasteiger partial charge in [0, 0.05) is 25.8 Å². The molecule has 0 aliphatic carbocycles. The van der Waals surface area contributed by atoms with Crippen molar-refractivity contribution in [3.63, 3.8) is 0 Å². The molecule has 0 bridgehead atoms. The maximum Gasteiger partial charge on any atom is 0.262 e. The molecule has 1 saturated heterocycles. The number of nitrogens with one attached hydrogen (secondary N) is 2. The van der Waals surface area contributed by atoms with Crippen LogP contribution in [0.15, 0.2) is 18.2 Å². The average molecular weight is 233 g/mol. The molecular weight excluding hydrogens is 218 g/mol. The van der Waals surface area contributed by atoms with Crippen LogP contribution in [0.5, 0.6) is 5.75 Å². The van der Waals surface area contributed by atoms with Crippen LogP contribution < -0.4 is 20.3 Å². The summed E-state index contributed by atoms with van der Waals surface area (Å²) < 4.78 is 5.33. The van der Waals surface area contributed by atoms with E-state index in [1.807, 2.05) is 18.2 Å². The number of anilines is 2. The van der Waals surface area contributed by atoms with E-state index in [2.05, 4.69) is 22.6 Å². The number of fused-ring (bicyclic) bond motifs is 1. The second-order valence-corrected chi connectivity index (χ2v) is 4.44. The number of benzene rings is 1. The first-order chi connectivity index (χ1) is 8.24. The zero-order valence-corrected chi connectivity index (χ0v) is 9.69. The molecule has 0 radical (unpaired) electrons. The van der Waals surface area contributed by atoms with E-state index in [1.54, 1.807) is 0 Å². The summed E-state index contributed by atoms with van der Waals surface area (Å²) in [7, 11) is 2.07. The molecule has 2 N–H and O–H groups in total. The van der Waals surface area contributed by atoms with Crippen molar-refractivity contribution in [1.82, 2.24) is 5.32 Å². The normalized spacial score (nSPS) is 18.8. The van der Waals surface area contributed by atoms with Gasteiger partial charge in [-0.15, -0.1) is 0 Å². The van der Waals surface area contributed by atoms with Crippen molar-refractivity contribution in [3.05, 3.63) is 18.2 Å². The number of hydrogen-bond acceptors (Lipinski definition) is 4. The van der Waals surface area contributed by atoms with E-state index in [4.69, 9.17) is 4.74 Å². The van der Waals surface area contributed by atoms with E-state index >= 15 is 0 Å². The highest BCUT2D eigenvalue weighted by Gasteiger charge is 2.23. The summed E-state index contributed by atoms with van der Waals surface area (Å²) in [6.45, 7) is 2.13. The second kappa shape index (κ2) is 3.92. The van der Waals surface area contributed by atoms with Gasteiger partial charge in [-0.25, -0.2) is 0 Å². The van der Waals surface area contributed by atoms with Crippen molar-refractivity contribution in [2.75, 3.05) is 37.0 Å². The molecule has 0 atom stereocenters. The van der Waals surface area contributed by atoms with Gasteiger partial charge in [0.1, 0.15) is 5.75 Å². The zero-order chi connectivity index (χ0) is 11.8. The third kappa shape index (κ3) is 1.82. The first kappa shape index (κ1) is 10.4. The lowest BCUT2D eigenvalue weighted by Gasteiger charge is -2.37. The van der Waals surface area contributed by atoms with Crippen LogP contribution in [0.2, 0.25) is 0 Å². The minimum Gasteiger partial charge on any atom is -0.482 e. The van der Waals surface area contributed by atoms with Crippen LogP contribution in [0.25, 0.3) is 0 Å². The van der Waals surface area contributed by atoms with Crippen LogP contribution in [0.1, 0.15) is 0 Å². The van der Waals surface area contributed by atoms with E-state index in [0.29, 0.717) is 6.04 Å². The standard InChI is InChI=1S/C12H15N3O2/c1-15(9-5-13-6-9)8-2-3-11-10(4-8)14-12(16)7-17-11/h2-4,9,13H,5-7H2,1H3,(H,14,16). The highest BCUT2D eigenvalue weighted by molar-refractivity contribution is 5.96. The maximum atomic E-state index is 11.2.